The monoisotopic (exact) mass is 510 g/mol. The number of nitrogens with one attached hydrogen (secondary N) is 1. The smallest absolute Gasteiger partial charge is 0.326 e. The first-order chi connectivity index (χ1) is 17.2. The van der Waals surface area contributed by atoms with E-state index in [1.807, 2.05) is 17.5 Å². The van der Waals surface area contributed by atoms with Gasteiger partial charge in [-0.15, -0.1) is 11.3 Å². The first-order valence-corrected chi connectivity index (χ1v) is 12.7. The van der Waals surface area contributed by atoms with E-state index in [1.165, 1.54) is 23.5 Å². The van der Waals surface area contributed by atoms with Gasteiger partial charge in [0.05, 0.1) is 10.6 Å². The zero-order valence-electron chi connectivity index (χ0n) is 20.5. The first kappa shape index (κ1) is 26.8. The van der Waals surface area contributed by atoms with E-state index in [4.69, 9.17) is 4.98 Å². The second kappa shape index (κ2) is 12.3. The van der Waals surface area contributed by atoms with Crippen LogP contribution in [0.4, 0.5) is 10.8 Å². The summed E-state index contributed by atoms with van der Waals surface area (Å²) in [6, 6.07) is 12.6. The summed E-state index contributed by atoms with van der Waals surface area (Å²) in [5, 5.41) is 25.7. The molecule has 0 saturated carbocycles. The number of nitro groups is 1. The minimum atomic E-state index is -1.06. The van der Waals surface area contributed by atoms with Crippen molar-refractivity contribution < 1.29 is 19.6 Å². The number of unbranched alkanes of at least 4 members (excludes halogenated alkanes) is 1. The first-order valence-electron chi connectivity index (χ1n) is 11.8. The number of carbonyl (C=O) groups excluding carboxylic acids is 1. The lowest BCUT2D eigenvalue weighted by Gasteiger charge is -2.22. The maximum atomic E-state index is 12.5. The van der Waals surface area contributed by atoms with Gasteiger partial charge in [-0.3, -0.25) is 14.9 Å². The molecule has 1 heterocycles. The van der Waals surface area contributed by atoms with Crippen molar-refractivity contribution in [2.24, 2.45) is 5.92 Å². The minimum Gasteiger partial charge on any atom is -0.480 e. The summed E-state index contributed by atoms with van der Waals surface area (Å²) in [5.41, 5.74) is 2.78. The highest BCUT2D eigenvalue weighted by Gasteiger charge is 2.24. The highest BCUT2D eigenvalue weighted by atomic mass is 32.1. The number of rotatable bonds is 12. The predicted octanol–water partition coefficient (Wildman–Crippen LogP) is 5.36. The van der Waals surface area contributed by atoms with Gasteiger partial charge in [0.25, 0.3) is 11.6 Å². The number of hydrogen-bond acceptors (Lipinski definition) is 7. The van der Waals surface area contributed by atoms with Crippen LogP contribution in [0.25, 0.3) is 11.3 Å². The molecule has 2 aromatic carbocycles. The zero-order valence-corrected chi connectivity index (χ0v) is 21.3. The van der Waals surface area contributed by atoms with Crippen LogP contribution in [0.1, 0.15) is 49.5 Å². The molecule has 190 valence electrons. The fourth-order valence-corrected chi connectivity index (χ4v) is 4.49. The number of carboxylic acids is 1. The number of carbonyl (C=O) groups is 2. The number of non-ortho nitro benzene ring substituents is 1. The Morgan fingerprint density at radius 2 is 1.92 bits per heavy atom. The van der Waals surface area contributed by atoms with Crippen LogP contribution in [0.15, 0.2) is 53.9 Å². The topological polar surface area (TPSA) is 126 Å². The summed E-state index contributed by atoms with van der Waals surface area (Å²) in [6.07, 6.45) is 1.98. The van der Waals surface area contributed by atoms with Gasteiger partial charge in [0, 0.05) is 41.7 Å². The normalized spacial score (nSPS) is 11.8. The largest absolute Gasteiger partial charge is 0.480 e. The molecule has 0 radical (unpaired) electrons. The lowest BCUT2D eigenvalue weighted by atomic mass is 10.0. The number of aromatic nitrogens is 1. The molecule has 1 amide bonds. The molecule has 0 bridgehead atoms. The number of hydrogen-bond donors (Lipinski definition) is 2. The third kappa shape index (κ3) is 6.88. The van der Waals surface area contributed by atoms with Gasteiger partial charge < -0.3 is 15.3 Å². The third-order valence-electron chi connectivity index (χ3n) is 5.71. The average molecular weight is 511 g/mol. The maximum Gasteiger partial charge on any atom is 0.326 e. The number of amides is 1. The SMILES string of the molecule is CCCCN(Cc1ccc(C(=O)NC(C(=O)O)C(C)C)cc1)c1nc(-c2cccc([N+](=O)[O-])c2)cs1. The molecule has 10 heteroatoms. The molecule has 3 aromatic rings. The molecule has 1 unspecified atom stereocenters. The van der Waals surface area contributed by atoms with Crippen LogP contribution >= 0.6 is 11.3 Å². The number of anilines is 1. The van der Waals surface area contributed by atoms with Crippen molar-refractivity contribution in [1.29, 1.82) is 0 Å². The lowest BCUT2D eigenvalue weighted by molar-refractivity contribution is -0.384. The Hall–Kier alpha value is -3.79. The summed E-state index contributed by atoms with van der Waals surface area (Å²) in [7, 11) is 0. The summed E-state index contributed by atoms with van der Waals surface area (Å²) in [4.78, 5) is 41.5. The van der Waals surface area contributed by atoms with Gasteiger partial charge in [-0.05, 0) is 30.0 Å². The Morgan fingerprint density at radius 3 is 2.53 bits per heavy atom. The van der Waals surface area contributed by atoms with Crippen molar-refractivity contribution in [2.75, 3.05) is 11.4 Å². The quantitative estimate of drug-likeness (QED) is 0.248. The average Bonchev–Trinajstić information content (AvgIpc) is 3.35. The van der Waals surface area contributed by atoms with E-state index in [1.54, 1.807) is 38.1 Å². The molecule has 0 spiro atoms. The third-order valence-corrected chi connectivity index (χ3v) is 6.61. The number of benzene rings is 2. The number of nitro benzene ring substituents is 1. The molecule has 1 aromatic heterocycles. The summed E-state index contributed by atoms with van der Waals surface area (Å²) < 4.78 is 0. The maximum absolute atomic E-state index is 12.5. The number of thiazole rings is 1. The van der Waals surface area contributed by atoms with Crippen molar-refractivity contribution in [2.45, 2.75) is 46.2 Å². The van der Waals surface area contributed by atoms with E-state index >= 15 is 0 Å². The molecule has 0 aliphatic carbocycles. The van der Waals surface area contributed by atoms with Gasteiger partial charge in [-0.25, -0.2) is 9.78 Å². The number of aliphatic carboxylic acids is 1. The molecule has 36 heavy (non-hydrogen) atoms. The van der Waals surface area contributed by atoms with Crippen molar-refractivity contribution in [3.05, 3.63) is 75.2 Å². The fourth-order valence-electron chi connectivity index (χ4n) is 3.63. The van der Waals surface area contributed by atoms with Gasteiger partial charge in [-0.1, -0.05) is 51.5 Å². The Kier molecular flexibility index (Phi) is 9.13. The molecule has 1 atom stereocenters. The van der Waals surface area contributed by atoms with E-state index in [2.05, 4.69) is 17.1 Å². The number of carboxylic acid groups (broad SMARTS) is 1. The predicted molar refractivity (Wildman–Crippen MR) is 140 cm³/mol. The van der Waals surface area contributed by atoms with Gasteiger partial charge in [0.2, 0.25) is 0 Å². The Labute approximate surface area is 213 Å². The van der Waals surface area contributed by atoms with Crippen LogP contribution in [0.5, 0.6) is 0 Å². The number of nitrogens with zero attached hydrogens (tertiary/aromatic N) is 3. The van der Waals surface area contributed by atoms with Gasteiger partial charge in [-0.2, -0.15) is 0 Å². The highest BCUT2D eigenvalue weighted by molar-refractivity contribution is 7.14. The van der Waals surface area contributed by atoms with E-state index in [9.17, 15) is 24.8 Å². The summed E-state index contributed by atoms with van der Waals surface area (Å²) in [6.45, 7) is 6.97. The Morgan fingerprint density at radius 1 is 1.19 bits per heavy atom. The second-order valence-corrected chi connectivity index (χ2v) is 9.66. The van der Waals surface area contributed by atoms with Crippen molar-refractivity contribution in [3.63, 3.8) is 0 Å². The standard InChI is InChI=1S/C26H30N4O5S/c1-4-5-13-29(26-27-22(16-36-26)20-7-6-8-21(14-20)30(34)35)15-18-9-11-19(12-10-18)24(31)28-23(17(2)3)25(32)33/h6-12,14,16-17,23H,4-5,13,15H2,1-3H3,(H,28,31)(H,32,33). The van der Waals surface area contributed by atoms with E-state index in [0.29, 0.717) is 23.4 Å². The Balaban J connectivity index is 1.75. The molecular weight excluding hydrogens is 480 g/mol. The molecule has 0 fully saturated rings. The minimum absolute atomic E-state index is 0.0251. The zero-order chi connectivity index (χ0) is 26.2. The molecule has 3 rings (SSSR count). The van der Waals surface area contributed by atoms with E-state index < -0.39 is 22.8 Å². The van der Waals surface area contributed by atoms with Gasteiger partial charge >= 0.3 is 5.97 Å². The lowest BCUT2D eigenvalue weighted by Crippen LogP contribution is -2.44. The van der Waals surface area contributed by atoms with Crippen molar-refractivity contribution in [1.82, 2.24) is 10.3 Å². The summed E-state index contributed by atoms with van der Waals surface area (Å²) in [5.74, 6) is -1.72. The van der Waals surface area contributed by atoms with Crippen molar-refractivity contribution in [3.8, 4) is 11.3 Å². The van der Waals surface area contributed by atoms with Crippen molar-refractivity contribution >= 4 is 34.0 Å². The van der Waals surface area contributed by atoms with Crippen LogP contribution in [-0.4, -0.2) is 39.5 Å². The second-order valence-electron chi connectivity index (χ2n) is 8.83. The highest BCUT2D eigenvalue weighted by Crippen LogP contribution is 2.30. The fraction of sp³-hybridized carbons (Fsp3) is 0.346. The van der Waals surface area contributed by atoms with Crippen LogP contribution < -0.4 is 10.2 Å². The van der Waals surface area contributed by atoms with Crippen LogP contribution in [0.3, 0.4) is 0 Å². The van der Waals surface area contributed by atoms with Crippen LogP contribution in [0.2, 0.25) is 0 Å². The summed E-state index contributed by atoms with van der Waals surface area (Å²) >= 11 is 1.48. The molecule has 0 aliphatic rings. The van der Waals surface area contributed by atoms with Crippen LogP contribution in [-0.2, 0) is 11.3 Å². The van der Waals surface area contributed by atoms with Gasteiger partial charge in [0.15, 0.2) is 5.13 Å². The van der Waals surface area contributed by atoms with Gasteiger partial charge in [0.1, 0.15) is 6.04 Å². The van der Waals surface area contributed by atoms with Crippen LogP contribution in [0, 0.1) is 16.0 Å². The Bertz CT molecular complexity index is 1210. The van der Waals surface area contributed by atoms with E-state index in [-0.39, 0.29) is 11.6 Å². The molecular formula is C26H30N4O5S. The van der Waals surface area contributed by atoms with E-state index in [0.717, 1.165) is 30.1 Å². The molecule has 0 aliphatic heterocycles. The molecule has 0 saturated heterocycles. The molecule has 9 nitrogen and oxygen atoms in total. The molecule has 2 N–H and O–H groups in total.